The van der Waals surface area contributed by atoms with Crippen LogP contribution in [0.4, 0.5) is 5.69 Å². The number of amidine groups is 1. The molecule has 176 valence electrons. The Bertz CT molecular complexity index is 968. The smallest absolute Gasteiger partial charge is 0.201 e. The first kappa shape index (κ1) is 24.4. The number of hydrogen-bond acceptors (Lipinski definition) is 4. The molecule has 1 aliphatic heterocycles. The van der Waals surface area contributed by atoms with Crippen molar-refractivity contribution in [3.05, 3.63) is 71.4 Å². The minimum absolute atomic E-state index is 0.594. The highest BCUT2D eigenvalue weighted by Crippen LogP contribution is 2.21. The van der Waals surface area contributed by atoms with E-state index in [1.54, 1.807) is 7.11 Å². The monoisotopic (exact) mass is 447 g/mol. The Morgan fingerprint density at radius 3 is 2.36 bits per heavy atom. The summed E-state index contributed by atoms with van der Waals surface area (Å²) in [5.41, 5.74) is 4.79. The molecule has 0 atom stereocenters. The zero-order valence-electron chi connectivity index (χ0n) is 20.4. The van der Waals surface area contributed by atoms with Gasteiger partial charge in [0.05, 0.1) is 20.2 Å². The normalized spacial score (nSPS) is 14.6. The third kappa shape index (κ3) is 8.29. The minimum atomic E-state index is 0.594. The number of aliphatic imine (C=N–C) groups is 2. The maximum absolute atomic E-state index is 5.22. The van der Waals surface area contributed by atoms with E-state index in [1.807, 2.05) is 37.4 Å². The number of nitrogens with zero attached hydrogens (tertiary/aromatic N) is 3. The van der Waals surface area contributed by atoms with Crippen LogP contribution in [0.3, 0.4) is 0 Å². The second kappa shape index (κ2) is 12.7. The molecule has 1 fully saturated rings. The average molecular weight is 448 g/mol. The summed E-state index contributed by atoms with van der Waals surface area (Å²) < 4.78 is 5.22. The Morgan fingerprint density at radius 1 is 0.939 bits per heavy atom. The molecule has 0 aliphatic carbocycles. The SMILES string of the molecule is COc1ccc(CN=C(C)NC(=NCc2cccc(N3CCCCC3)c2)NC=C(C)C)cc1. The summed E-state index contributed by atoms with van der Waals surface area (Å²) in [4.78, 5) is 11.9. The lowest BCUT2D eigenvalue weighted by atomic mass is 10.1. The Balaban J connectivity index is 1.66. The molecule has 6 nitrogen and oxygen atoms in total. The zero-order valence-corrected chi connectivity index (χ0v) is 20.4. The van der Waals surface area contributed by atoms with Gasteiger partial charge in [-0.1, -0.05) is 29.8 Å². The third-order valence-corrected chi connectivity index (χ3v) is 5.51. The molecule has 0 aromatic heterocycles. The van der Waals surface area contributed by atoms with E-state index in [-0.39, 0.29) is 0 Å². The maximum atomic E-state index is 5.22. The molecule has 0 bridgehead atoms. The second-order valence-corrected chi connectivity index (χ2v) is 8.62. The Kier molecular flexibility index (Phi) is 9.36. The van der Waals surface area contributed by atoms with Crippen molar-refractivity contribution in [2.75, 3.05) is 25.1 Å². The van der Waals surface area contributed by atoms with Crippen LogP contribution in [0.2, 0.25) is 0 Å². The first-order chi connectivity index (χ1) is 16.0. The lowest BCUT2D eigenvalue weighted by molar-refractivity contribution is 0.414. The molecule has 0 saturated carbocycles. The maximum Gasteiger partial charge on any atom is 0.201 e. The summed E-state index contributed by atoms with van der Waals surface area (Å²) in [6.45, 7) is 9.54. The summed E-state index contributed by atoms with van der Waals surface area (Å²) in [6, 6.07) is 16.7. The van der Waals surface area contributed by atoms with Crippen LogP contribution in [0, 0.1) is 0 Å². The number of hydrogen-bond donors (Lipinski definition) is 2. The highest BCUT2D eigenvalue weighted by Gasteiger charge is 2.11. The van der Waals surface area contributed by atoms with Crippen molar-refractivity contribution < 1.29 is 4.74 Å². The molecule has 1 heterocycles. The first-order valence-corrected chi connectivity index (χ1v) is 11.7. The Labute approximate surface area is 198 Å². The minimum Gasteiger partial charge on any atom is -0.497 e. The number of allylic oxidation sites excluding steroid dienone is 1. The molecule has 0 spiro atoms. The largest absolute Gasteiger partial charge is 0.497 e. The fourth-order valence-corrected chi connectivity index (χ4v) is 3.66. The highest BCUT2D eigenvalue weighted by molar-refractivity contribution is 5.98. The van der Waals surface area contributed by atoms with Crippen molar-refractivity contribution in [3.8, 4) is 5.75 Å². The highest BCUT2D eigenvalue weighted by atomic mass is 16.5. The standard InChI is InChI=1S/C27H37N5O/c1-21(2)18-29-27(31-22(3)28-19-23-11-13-26(33-4)14-12-23)30-20-24-9-8-10-25(17-24)32-15-6-5-7-16-32/h8-14,17-18H,5-7,15-16,19-20H2,1-4H3,(H2,28,29,30,31). The number of piperidine rings is 1. The first-order valence-electron chi connectivity index (χ1n) is 11.7. The summed E-state index contributed by atoms with van der Waals surface area (Å²) in [6.07, 6.45) is 5.84. The molecule has 0 unspecified atom stereocenters. The molecule has 2 N–H and O–H groups in total. The summed E-state index contributed by atoms with van der Waals surface area (Å²) >= 11 is 0. The molecule has 1 saturated heterocycles. The van der Waals surface area contributed by atoms with Crippen molar-refractivity contribution in [2.45, 2.75) is 53.1 Å². The third-order valence-electron chi connectivity index (χ3n) is 5.51. The number of nitrogens with one attached hydrogen (secondary N) is 2. The Hall–Kier alpha value is -3.28. The summed E-state index contributed by atoms with van der Waals surface area (Å²) in [5.74, 6) is 2.35. The van der Waals surface area contributed by atoms with E-state index in [0.717, 1.165) is 30.2 Å². The number of benzene rings is 2. The molecule has 0 radical (unpaired) electrons. The van der Waals surface area contributed by atoms with Crippen LogP contribution in [0.1, 0.15) is 51.2 Å². The van der Waals surface area contributed by atoms with Gasteiger partial charge in [-0.2, -0.15) is 0 Å². The van der Waals surface area contributed by atoms with Crippen LogP contribution in [0.5, 0.6) is 5.75 Å². The van der Waals surface area contributed by atoms with Gasteiger partial charge < -0.3 is 20.3 Å². The van der Waals surface area contributed by atoms with Crippen molar-refractivity contribution in [1.29, 1.82) is 0 Å². The van der Waals surface area contributed by atoms with Gasteiger partial charge in [-0.25, -0.2) is 4.99 Å². The lowest BCUT2D eigenvalue weighted by Gasteiger charge is -2.29. The Morgan fingerprint density at radius 2 is 1.67 bits per heavy atom. The summed E-state index contributed by atoms with van der Waals surface area (Å²) in [5, 5.41) is 6.60. The molecule has 2 aromatic rings. The number of ether oxygens (including phenoxy) is 1. The predicted octanol–water partition coefficient (Wildman–Crippen LogP) is 5.26. The molecule has 0 amide bonds. The van der Waals surface area contributed by atoms with Crippen LogP contribution in [-0.4, -0.2) is 32.0 Å². The molecular weight excluding hydrogens is 410 g/mol. The van der Waals surface area contributed by atoms with Gasteiger partial charge in [-0.3, -0.25) is 4.99 Å². The van der Waals surface area contributed by atoms with E-state index < -0.39 is 0 Å². The van der Waals surface area contributed by atoms with E-state index in [9.17, 15) is 0 Å². The van der Waals surface area contributed by atoms with Crippen LogP contribution >= 0.6 is 0 Å². The van der Waals surface area contributed by atoms with Gasteiger partial charge in [-0.15, -0.1) is 0 Å². The molecular formula is C27H37N5O. The predicted molar refractivity (Wildman–Crippen MR) is 139 cm³/mol. The fraction of sp³-hybridized carbons (Fsp3) is 0.407. The lowest BCUT2D eigenvalue weighted by Crippen LogP contribution is -2.37. The van der Waals surface area contributed by atoms with Crippen molar-refractivity contribution in [2.24, 2.45) is 9.98 Å². The van der Waals surface area contributed by atoms with Gasteiger partial charge in [0.15, 0.2) is 0 Å². The van der Waals surface area contributed by atoms with E-state index in [4.69, 9.17) is 9.73 Å². The molecule has 33 heavy (non-hydrogen) atoms. The van der Waals surface area contributed by atoms with Gasteiger partial charge in [0.1, 0.15) is 11.6 Å². The molecule has 3 rings (SSSR count). The van der Waals surface area contributed by atoms with Crippen molar-refractivity contribution in [3.63, 3.8) is 0 Å². The fourth-order valence-electron chi connectivity index (χ4n) is 3.66. The quantitative estimate of drug-likeness (QED) is 0.449. The molecule has 2 aromatic carbocycles. The molecule has 6 heteroatoms. The molecule has 1 aliphatic rings. The van der Waals surface area contributed by atoms with Crippen LogP contribution < -0.4 is 20.3 Å². The van der Waals surface area contributed by atoms with Gasteiger partial charge >= 0.3 is 0 Å². The second-order valence-electron chi connectivity index (χ2n) is 8.62. The average Bonchev–Trinajstić information content (AvgIpc) is 2.85. The van der Waals surface area contributed by atoms with Crippen molar-refractivity contribution >= 4 is 17.5 Å². The number of rotatable bonds is 7. The van der Waals surface area contributed by atoms with Crippen LogP contribution in [0.25, 0.3) is 0 Å². The van der Waals surface area contributed by atoms with Gasteiger partial charge in [-0.05, 0) is 75.4 Å². The van der Waals surface area contributed by atoms with Crippen LogP contribution in [0.15, 0.2) is 70.3 Å². The van der Waals surface area contributed by atoms with E-state index >= 15 is 0 Å². The van der Waals surface area contributed by atoms with E-state index in [2.05, 4.69) is 58.6 Å². The van der Waals surface area contributed by atoms with Gasteiger partial charge in [0, 0.05) is 25.0 Å². The van der Waals surface area contributed by atoms with E-state index in [1.165, 1.54) is 36.1 Å². The van der Waals surface area contributed by atoms with Gasteiger partial charge in [0.2, 0.25) is 5.96 Å². The van der Waals surface area contributed by atoms with Gasteiger partial charge in [0.25, 0.3) is 0 Å². The number of guanidine groups is 1. The van der Waals surface area contributed by atoms with Crippen molar-refractivity contribution in [1.82, 2.24) is 10.6 Å². The zero-order chi connectivity index (χ0) is 23.5. The number of methoxy groups -OCH3 is 1. The summed E-state index contributed by atoms with van der Waals surface area (Å²) in [7, 11) is 1.67. The van der Waals surface area contributed by atoms with Crippen LogP contribution in [-0.2, 0) is 13.1 Å². The van der Waals surface area contributed by atoms with E-state index in [0.29, 0.717) is 19.0 Å². The topological polar surface area (TPSA) is 61.2 Å². The number of anilines is 1.